The van der Waals surface area contributed by atoms with Crippen molar-refractivity contribution in [3.63, 3.8) is 0 Å². The van der Waals surface area contributed by atoms with Crippen LogP contribution in [0.2, 0.25) is 0 Å². The van der Waals surface area contributed by atoms with Gasteiger partial charge in [-0.15, -0.1) is 10.2 Å². The molecular weight excluding hydrogens is 276 g/mol. The van der Waals surface area contributed by atoms with E-state index in [-0.39, 0.29) is 5.91 Å². The number of nitrogens with zero attached hydrogens (tertiary/aromatic N) is 3. The summed E-state index contributed by atoms with van der Waals surface area (Å²) in [5, 5.41) is 11.0. The van der Waals surface area contributed by atoms with Gasteiger partial charge in [-0.25, -0.2) is 0 Å². The standard InChI is InChI=1S/C17H22N4O/c1-3-4-12-18-17(22)15-10-11-16(20-19-15)21(2)13-14-8-6-5-7-9-14/h5-11H,3-4,12-13H2,1-2H3,(H,18,22). The van der Waals surface area contributed by atoms with Crippen LogP contribution in [-0.4, -0.2) is 29.7 Å². The number of rotatable bonds is 7. The van der Waals surface area contributed by atoms with Crippen molar-refractivity contribution in [3.05, 3.63) is 53.7 Å². The molecule has 0 saturated heterocycles. The van der Waals surface area contributed by atoms with Crippen LogP contribution in [0.4, 0.5) is 5.82 Å². The minimum absolute atomic E-state index is 0.168. The van der Waals surface area contributed by atoms with Crippen molar-refractivity contribution in [3.8, 4) is 0 Å². The van der Waals surface area contributed by atoms with Gasteiger partial charge in [0.15, 0.2) is 11.5 Å². The Labute approximate surface area is 131 Å². The molecule has 1 aromatic carbocycles. The highest BCUT2D eigenvalue weighted by Crippen LogP contribution is 2.11. The number of carbonyl (C=O) groups is 1. The molecule has 0 unspecified atom stereocenters. The third kappa shape index (κ3) is 4.55. The average Bonchev–Trinajstić information content (AvgIpc) is 2.56. The molecule has 0 atom stereocenters. The lowest BCUT2D eigenvalue weighted by Crippen LogP contribution is -2.26. The fraction of sp³-hybridized carbons (Fsp3) is 0.353. The van der Waals surface area contributed by atoms with Gasteiger partial charge in [0.2, 0.25) is 0 Å². The predicted molar refractivity (Wildman–Crippen MR) is 87.8 cm³/mol. The second kappa shape index (κ2) is 8.12. The fourth-order valence-electron chi connectivity index (χ4n) is 2.06. The number of benzene rings is 1. The van der Waals surface area contributed by atoms with Crippen LogP contribution >= 0.6 is 0 Å². The Morgan fingerprint density at radius 3 is 2.55 bits per heavy atom. The molecule has 1 heterocycles. The van der Waals surface area contributed by atoms with Crippen LogP contribution in [0.5, 0.6) is 0 Å². The van der Waals surface area contributed by atoms with Crippen molar-refractivity contribution in [1.29, 1.82) is 0 Å². The second-order valence-electron chi connectivity index (χ2n) is 5.23. The normalized spacial score (nSPS) is 10.3. The van der Waals surface area contributed by atoms with E-state index in [1.165, 1.54) is 5.56 Å². The number of aromatic nitrogens is 2. The van der Waals surface area contributed by atoms with Crippen LogP contribution in [0, 0.1) is 0 Å². The lowest BCUT2D eigenvalue weighted by Gasteiger charge is -2.17. The summed E-state index contributed by atoms with van der Waals surface area (Å²) in [5.41, 5.74) is 1.56. The van der Waals surface area contributed by atoms with Crippen LogP contribution in [0.15, 0.2) is 42.5 Å². The van der Waals surface area contributed by atoms with Crippen LogP contribution < -0.4 is 10.2 Å². The molecule has 2 rings (SSSR count). The molecule has 0 bridgehead atoms. The Bertz CT molecular complexity index is 583. The zero-order valence-corrected chi connectivity index (χ0v) is 13.1. The highest BCUT2D eigenvalue weighted by atomic mass is 16.1. The Morgan fingerprint density at radius 1 is 1.14 bits per heavy atom. The lowest BCUT2D eigenvalue weighted by atomic mass is 10.2. The molecule has 0 aliphatic heterocycles. The molecule has 0 saturated carbocycles. The SMILES string of the molecule is CCCCNC(=O)c1ccc(N(C)Cc2ccccc2)nn1. The van der Waals surface area contributed by atoms with E-state index >= 15 is 0 Å². The number of amides is 1. The molecule has 0 spiro atoms. The molecule has 0 radical (unpaired) electrons. The first-order chi connectivity index (χ1) is 10.7. The van der Waals surface area contributed by atoms with E-state index < -0.39 is 0 Å². The van der Waals surface area contributed by atoms with Crippen LogP contribution in [-0.2, 0) is 6.54 Å². The number of unbranched alkanes of at least 4 members (excludes halogenated alkanes) is 1. The largest absolute Gasteiger partial charge is 0.354 e. The zero-order valence-electron chi connectivity index (χ0n) is 13.1. The molecule has 22 heavy (non-hydrogen) atoms. The van der Waals surface area contributed by atoms with Crippen molar-refractivity contribution < 1.29 is 4.79 Å². The number of hydrogen-bond donors (Lipinski definition) is 1. The summed E-state index contributed by atoms with van der Waals surface area (Å²) in [5.74, 6) is 0.576. The van der Waals surface area contributed by atoms with Gasteiger partial charge < -0.3 is 10.2 Å². The smallest absolute Gasteiger partial charge is 0.271 e. The lowest BCUT2D eigenvalue weighted by molar-refractivity contribution is 0.0947. The molecule has 0 fully saturated rings. The Kier molecular flexibility index (Phi) is 5.89. The number of carbonyl (C=O) groups excluding carboxylic acids is 1. The van der Waals surface area contributed by atoms with Gasteiger partial charge in [-0.05, 0) is 24.1 Å². The van der Waals surface area contributed by atoms with Crippen molar-refractivity contribution in [2.24, 2.45) is 0 Å². The molecule has 1 N–H and O–H groups in total. The van der Waals surface area contributed by atoms with E-state index in [2.05, 4.69) is 34.6 Å². The third-order valence-corrected chi connectivity index (χ3v) is 3.35. The molecule has 0 aliphatic rings. The Hall–Kier alpha value is -2.43. The Balaban J connectivity index is 1.94. The summed E-state index contributed by atoms with van der Waals surface area (Å²) >= 11 is 0. The van der Waals surface area contributed by atoms with E-state index in [4.69, 9.17) is 0 Å². The Morgan fingerprint density at radius 2 is 1.91 bits per heavy atom. The highest BCUT2D eigenvalue weighted by molar-refractivity contribution is 5.92. The van der Waals surface area contributed by atoms with Crippen molar-refractivity contribution >= 4 is 11.7 Å². The maximum atomic E-state index is 11.9. The van der Waals surface area contributed by atoms with Gasteiger partial charge in [0, 0.05) is 20.1 Å². The van der Waals surface area contributed by atoms with Crippen molar-refractivity contribution in [2.75, 3.05) is 18.5 Å². The van der Waals surface area contributed by atoms with Crippen molar-refractivity contribution in [1.82, 2.24) is 15.5 Å². The van der Waals surface area contributed by atoms with Gasteiger partial charge in [-0.2, -0.15) is 0 Å². The molecule has 0 aliphatic carbocycles. The maximum absolute atomic E-state index is 11.9. The van der Waals surface area contributed by atoms with Gasteiger partial charge in [0.1, 0.15) is 0 Å². The monoisotopic (exact) mass is 298 g/mol. The molecule has 116 valence electrons. The van der Waals surface area contributed by atoms with Gasteiger partial charge >= 0.3 is 0 Å². The molecule has 1 aromatic heterocycles. The molecule has 1 amide bonds. The summed E-state index contributed by atoms with van der Waals surface area (Å²) in [6.07, 6.45) is 2.02. The first-order valence-electron chi connectivity index (χ1n) is 7.57. The topological polar surface area (TPSA) is 58.1 Å². The summed E-state index contributed by atoms with van der Waals surface area (Å²) in [7, 11) is 1.96. The molecule has 2 aromatic rings. The van der Waals surface area contributed by atoms with E-state index in [0.717, 1.165) is 25.2 Å². The zero-order chi connectivity index (χ0) is 15.8. The van der Waals surface area contributed by atoms with E-state index in [9.17, 15) is 4.79 Å². The minimum Gasteiger partial charge on any atom is -0.354 e. The van der Waals surface area contributed by atoms with Crippen LogP contribution in [0.25, 0.3) is 0 Å². The van der Waals surface area contributed by atoms with Crippen molar-refractivity contribution in [2.45, 2.75) is 26.3 Å². The van der Waals surface area contributed by atoms with E-state index in [0.29, 0.717) is 12.2 Å². The summed E-state index contributed by atoms with van der Waals surface area (Å²) < 4.78 is 0. The summed E-state index contributed by atoms with van der Waals surface area (Å²) in [6, 6.07) is 13.7. The quantitative estimate of drug-likeness (QED) is 0.798. The first-order valence-corrected chi connectivity index (χ1v) is 7.57. The molecule has 5 heteroatoms. The minimum atomic E-state index is -0.168. The molecule has 5 nitrogen and oxygen atoms in total. The number of nitrogens with one attached hydrogen (secondary N) is 1. The van der Waals surface area contributed by atoms with Gasteiger partial charge in [-0.3, -0.25) is 4.79 Å². The van der Waals surface area contributed by atoms with Crippen LogP contribution in [0.1, 0.15) is 35.8 Å². The predicted octanol–water partition coefficient (Wildman–Crippen LogP) is 2.64. The van der Waals surface area contributed by atoms with Gasteiger partial charge in [0.05, 0.1) is 0 Å². The third-order valence-electron chi connectivity index (χ3n) is 3.35. The number of hydrogen-bond acceptors (Lipinski definition) is 4. The summed E-state index contributed by atoms with van der Waals surface area (Å²) in [4.78, 5) is 13.9. The fourth-order valence-corrected chi connectivity index (χ4v) is 2.06. The number of anilines is 1. The van der Waals surface area contributed by atoms with Gasteiger partial charge in [0.25, 0.3) is 5.91 Å². The van der Waals surface area contributed by atoms with E-state index in [1.807, 2.05) is 36.2 Å². The highest BCUT2D eigenvalue weighted by Gasteiger charge is 2.09. The van der Waals surface area contributed by atoms with Crippen LogP contribution in [0.3, 0.4) is 0 Å². The summed E-state index contributed by atoms with van der Waals surface area (Å²) in [6.45, 7) is 3.51. The van der Waals surface area contributed by atoms with E-state index in [1.54, 1.807) is 6.07 Å². The average molecular weight is 298 g/mol. The maximum Gasteiger partial charge on any atom is 0.271 e. The second-order valence-corrected chi connectivity index (χ2v) is 5.23. The van der Waals surface area contributed by atoms with Gasteiger partial charge in [-0.1, -0.05) is 43.7 Å². The molecular formula is C17H22N4O. The first kappa shape index (κ1) is 15.9.